The number of hydrogen-bond donors (Lipinski definition) is 0. The van der Waals surface area contributed by atoms with Gasteiger partial charge < -0.3 is 9.64 Å². The Morgan fingerprint density at radius 3 is 2.71 bits per heavy atom. The molecule has 0 spiro atoms. The maximum atomic E-state index is 13.0. The Bertz CT molecular complexity index is 1110. The highest BCUT2D eigenvalue weighted by molar-refractivity contribution is 7.99. The zero-order chi connectivity index (χ0) is 22.4. The fraction of sp³-hybridized carbons (Fsp3) is 0.375. The number of carbonyl (C=O) groups is 1. The maximum absolute atomic E-state index is 13.0. The number of nitrogens with zero attached hydrogens (tertiary/aromatic N) is 3. The highest BCUT2D eigenvalue weighted by atomic mass is 32.2. The summed E-state index contributed by atoms with van der Waals surface area (Å²) in [6.45, 7) is 5.33. The molecule has 0 bridgehead atoms. The zero-order valence-corrected chi connectivity index (χ0v) is 19.3. The average molecular weight is 440 g/mol. The van der Waals surface area contributed by atoms with Crippen LogP contribution in [0.5, 0.6) is 5.75 Å². The van der Waals surface area contributed by atoms with Gasteiger partial charge in [-0.15, -0.1) is 0 Å². The molecule has 2 aromatic carbocycles. The molecule has 0 N–H and O–H groups in total. The first-order valence-electron chi connectivity index (χ1n) is 10.4. The second kappa shape index (κ2) is 10.5. The van der Waals surface area contributed by atoms with E-state index in [1.165, 1.54) is 11.8 Å². The highest BCUT2D eigenvalue weighted by Crippen LogP contribution is 2.20. The van der Waals surface area contributed by atoms with Gasteiger partial charge in [0, 0.05) is 20.1 Å². The van der Waals surface area contributed by atoms with Crippen LogP contribution in [0.25, 0.3) is 10.9 Å². The van der Waals surface area contributed by atoms with Gasteiger partial charge in [0.05, 0.1) is 23.8 Å². The van der Waals surface area contributed by atoms with Crippen molar-refractivity contribution in [2.24, 2.45) is 5.92 Å². The smallest absolute Gasteiger partial charge is 0.262 e. The Kier molecular flexibility index (Phi) is 7.74. The van der Waals surface area contributed by atoms with E-state index < -0.39 is 0 Å². The van der Waals surface area contributed by atoms with E-state index in [-0.39, 0.29) is 17.2 Å². The molecule has 3 aromatic rings. The van der Waals surface area contributed by atoms with Crippen LogP contribution >= 0.6 is 11.8 Å². The van der Waals surface area contributed by atoms with Crippen LogP contribution in [0.15, 0.2) is 58.5 Å². The average Bonchev–Trinajstić information content (AvgIpc) is 2.76. The summed E-state index contributed by atoms with van der Waals surface area (Å²) >= 11 is 1.32. The lowest BCUT2D eigenvalue weighted by molar-refractivity contribution is -0.127. The van der Waals surface area contributed by atoms with Crippen molar-refractivity contribution in [3.05, 3.63) is 64.4 Å². The zero-order valence-electron chi connectivity index (χ0n) is 18.5. The molecular formula is C24H29N3O3S. The van der Waals surface area contributed by atoms with Crippen LogP contribution in [-0.4, -0.2) is 40.3 Å². The number of methoxy groups -OCH3 is 1. The number of ether oxygens (including phenoxy) is 1. The number of benzene rings is 2. The van der Waals surface area contributed by atoms with E-state index in [0.29, 0.717) is 35.1 Å². The monoisotopic (exact) mass is 439 g/mol. The molecule has 0 saturated heterocycles. The molecule has 0 aliphatic carbocycles. The van der Waals surface area contributed by atoms with Gasteiger partial charge in [-0.2, -0.15) is 0 Å². The minimum Gasteiger partial charge on any atom is -0.497 e. The molecule has 1 aromatic heterocycles. The summed E-state index contributed by atoms with van der Waals surface area (Å²) < 4.78 is 6.96. The summed E-state index contributed by atoms with van der Waals surface area (Å²) in [4.78, 5) is 32.2. The van der Waals surface area contributed by atoms with E-state index >= 15 is 0 Å². The van der Waals surface area contributed by atoms with Gasteiger partial charge in [-0.3, -0.25) is 14.2 Å². The molecule has 31 heavy (non-hydrogen) atoms. The Morgan fingerprint density at radius 2 is 1.97 bits per heavy atom. The van der Waals surface area contributed by atoms with Gasteiger partial charge in [-0.05, 0) is 42.2 Å². The van der Waals surface area contributed by atoms with Gasteiger partial charge in [-0.1, -0.05) is 49.9 Å². The maximum Gasteiger partial charge on any atom is 0.262 e. The lowest BCUT2D eigenvalue weighted by Crippen LogP contribution is -2.29. The van der Waals surface area contributed by atoms with Crippen LogP contribution in [0.2, 0.25) is 0 Å². The molecule has 0 atom stereocenters. The number of aromatic nitrogens is 2. The molecule has 164 valence electrons. The topological polar surface area (TPSA) is 64.4 Å². The summed E-state index contributed by atoms with van der Waals surface area (Å²) in [6.07, 6.45) is 0.872. The van der Waals surface area contributed by atoms with Crippen molar-refractivity contribution in [3.63, 3.8) is 0 Å². The second-order valence-electron chi connectivity index (χ2n) is 7.94. The number of para-hydroxylation sites is 1. The van der Waals surface area contributed by atoms with E-state index in [0.717, 1.165) is 17.7 Å². The van der Waals surface area contributed by atoms with E-state index in [1.807, 2.05) is 42.5 Å². The fourth-order valence-electron chi connectivity index (χ4n) is 3.21. The van der Waals surface area contributed by atoms with Crippen molar-refractivity contribution in [2.45, 2.75) is 38.5 Å². The van der Waals surface area contributed by atoms with Gasteiger partial charge in [0.1, 0.15) is 5.75 Å². The minimum absolute atomic E-state index is 0.0226. The summed E-state index contributed by atoms with van der Waals surface area (Å²) in [6, 6.07) is 15.0. The largest absolute Gasteiger partial charge is 0.497 e. The number of rotatable bonds is 9. The molecule has 0 saturated carbocycles. The van der Waals surface area contributed by atoms with Crippen molar-refractivity contribution in [1.82, 2.24) is 14.5 Å². The number of thioether (sulfide) groups is 1. The Balaban J connectivity index is 1.76. The van der Waals surface area contributed by atoms with E-state index in [2.05, 4.69) is 13.8 Å². The second-order valence-corrected chi connectivity index (χ2v) is 8.88. The Morgan fingerprint density at radius 1 is 1.19 bits per heavy atom. The van der Waals surface area contributed by atoms with Crippen molar-refractivity contribution >= 4 is 28.6 Å². The van der Waals surface area contributed by atoms with Crippen LogP contribution in [-0.2, 0) is 17.9 Å². The quantitative estimate of drug-likeness (QED) is 0.369. The predicted octanol–water partition coefficient (Wildman–Crippen LogP) is 4.20. The van der Waals surface area contributed by atoms with Crippen LogP contribution in [0.3, 0.4) is 0 Å². The molecule has 0 aliphatic rings. The molecule has 1 amide bonds. The van der Waals surface area contributed by atoms with Gasteiger partial charge >= 0.3 is 0 Å². The Hall–Kier alpha value is -2.80. The number of fused-ring (bicyclic) bond motifs is 1. The third kappa shape index (κ3) is 5.88. The first-order chi connectivity index (χ1) is 14.9. The number of amides is 1. The van der Waals surface area contributed by atoms with Gasteiger partial charge in [0.15, 0.2) is 5.16 Å². The van der Waals surface area contributed by atoms with Crippen LogP contribution in [0.1, 0.15) is 25.8 Å². The van der Waals surface area contributed by atoms with E-state index in [9.17, 15) is 9.59 Å². The fourth-order valence-corrected chi connectivity index (χ4v) is 4.18. The van der Waals surface area contributed by atoms with E-state index in [1.54, 1.807) is 29.7 Å². The summed E-state index contributed by atoms with van der Waals surface area (Å²) in [7, 11) is 3.40. The standard InChI is InChI=1S/C24H29N3O3S/c1-17(2)12-13-27-23(29)20-10-5-6-11-21(20)25-24(27)31-16-22(28)26(3)15-18-8-7-9-19(14-18)30-4/h5-11,14,17H,12-13,15-16H2,1-4H3. The van der Waals surface area contributed by atoms with Gasteiger partial charge in [-0.25, -0.2) is 4.98 Å². The van der Waals surface area contributed by atoms with Crippen molar-refractivity contribution < 1.29 is 9.53 Å². The molecule has 6 nitrogen and oxygen atoms in total. The normalized spacial score (nSPS) is 11.1. The highest BCUT2D eigenvalue weighted by Gasteiger charge is 2.16. The van der Waals surface area contributed by atoms with Crippen LogP contribution in [0.4, 0.5) is 0 Å². The molecule has 0 aliphatic heterocycles. The molecule has 0 unspecified atom stereocenters. The predicted molar refractivity (Wildman–Crippen MR) is 126 cm³/mol. The molecule has 0 radical (unpaired) electrons. The Labute approximate surface area is 187 Å². The van der Waals surface area contributed by atoms with Crippen molar-refractivity contribution in [3.8, 4) is 5.75 Å². The van der Waals surface area contributed by atoms with Crippen LogP contribution in [0, 0.1) is 5.92 Å². The summed E-state index contributed by atoms with van der Waals surface area (Å²) in [5.74, 6) is 1.42. The van der Waals surface area contributed by atoms with Gasteiger partial charge in [0.2, 0.25) is 5.91 Å². The first-order valence-corrected chi connectivity index (χ1v) is 11.4. The van der Waals surface area contributed by atoms with Gasteiger partial charge in [0.25, 0.3) is 5.56 Å². The SMILES string of the molecule is COc1cccc(CN(C)C(=O)CSc2nc3ccccc3c(=O)n2CCC(C)C)c1. The third-order valence-corrected chi connectivity index (χ3v) is 6.02. The summed E-state index contributed by atoms with van der Waals surface area (Å²) in [5, 5.41) is 1.20. The first kappa shape index (κ1) is 22.9. The van der Waals surface area contributed by atoms with Crippen molar-refractivity contribution in [1.29, 1.82) is 0 Å². The lowest BCUT2D eigenvalue weighted by atomic mass is 10.1. The molecule has 1 heterocycles. The van der Waals surface area contributed by atoms with Crippen LogP contribution < -0.4 is 10.3 Å². The molecule has 7 heteroatoms. The lowest BCUT2D eigenvalue weighted by Gasteiger charge is -2.18. The van der Waals surface area contributed by atoms with E-state index in [4.69, 9.17) is 9.72 Å². The number of carbonyl (C=O) groups excluding carboxylic acids is 1. The summed E-state index contributed by atoms with van der Waals surface area (Å²) in [5.41, 5.74) is 1.61. The number of hydrogen-bond acceptors (Lipinski definition) is 5. The molecular weight excluding hydrogens is 410 g/mol. The third-order valence-electron chi connectivity index (χ3n) is 5.06. The van der Waals surface area contributed by atoms with Crippen molar-refractivity contribution in [2.75, 3.05) is 19.9 Å². The minimum atomic E-state index is -0.0501. The molecule has 0 fully saturated rings. The molecule has 3 rings (SSSR count).